The molecule has 1 heterocycles. The van der Waals surface area contributed by atoms with E-state index in [1.54, 1.807) is 0 Å². The summed E-state index contributed by atoms with van der Waals surface area (Å²) in [5.41, 5.74) is 0. The molecule has 3 N–H and O–H groups in total. The first kappa shape index (κ1) is 7.46. The normalized spacial score (nSPS) is 31.5. The van der Waals surface area contributed by atoms with Crippen molar-refractivity contribution in [3.63, 3.8) is 0 Å². The Hall–Kier alpha value is -0.650. The Morgan fingerprint density at radius 2 is 2.20 bits per heavy atom. The molecule has 0 aliphatic carbocycles. The Kier molecular flexibility index (Phi) is 1.63. The average Bonchev–Trinajstić information content (AvgIpc) is 1.79. The number of esters is 1. The van der Waals surface area contributed by atoms with Crippen LogP contribution in [-0.4, -0.2) is 39.8 Å². The van der Waals surface area contributed by atoms with Crippen LogP contribution in [0.3, 0.4) is 0 Å². The molecule has 1 rings (SSSR count). The number of rotatable bonds is 0. The number of carbonyl (C=O) groups is 1. The van der Waals surface area contributed by atoms with Crippen LogP contribution in [0.1, 0.15) is 6.42 Å². The van der Waals surface area contributed by atoms with Gasteiger partial charge in [0.25, 0.3) is 0 Å². The van der Waals surface area contributed by atoms with Crippen LogP contribution >= 0.6 is 0 Å². The molecule has 0 saturated carbocycles. The molecular formula is C5H8O5. The second-order valence-electron chi connectivity index (χ2n) is 2.31. The van der Waals surface area contributed by atoms with Crippen molar-refractivity contribution in [1.82, 2.24) is 0 Å². The summed E-state index contributed by atoms with van der Waals surface area (Å²) in [5.74, 6) is -2.87. The average molecular weight is 148 g/mol. The summed E-state index contributed by atoms with van der Waals surface area (Å²) in [6.45, 7) is -0.469. The Balaban J connectivity index is 2.57. The maximum Gasteiger partial charge on any atom is 0.335 e. The van der Waals surface area contributed by atoms with E-state index in [9.17, 15) is 4.79 Å². The number of cyclic esters (lactones) is 1. The van der Waals surface area contributed by atoms with Gasteiger partial charge in [-0.25, -0.2) is 4.79 Å². The molecule has 1 unspecified atom stereocenters. The van der Waals surface area contributed by atoms with Gasteiger partial charge >= 0.3 is 5.97 Å². The van der Waals surface area contributed by atoms with Crippen molar-refractivity contribution in [2.75, 3.05) is 6.61 Å². The van der Waals surface area contributed by atoms with Gasteiger partial charge in [0, 0.05) is 6.42 Å². The first-order chi connectivity index (χ1) is 4.51. The molecule has 1 aliphatic rings. The quantitative estimate of drug-likeness (QED) is 0.272. The maximum absolute atomic E-state index is 10.4. The molecule has 0 aromatic rings. The zero-order valence-corrected chi connectivity index (χ0v) is 5.15. The van der Waals surface area contributed by atoms with Gasteiger partial charge in [-0.05, 0) is 0 Å². The van der Waals surface area contributed by atoms with Crippen LogP contribution in [0.2, 0.25) is 0 Å². The Morgan fingerprint density at radius 3 is 2.60 bits per heavy atom. The monoisotopic (exact) mass is 148 g/mol. The molecule has 5 nitrogen and oxygen atoms in total. The summed E-state index contributed by atoms with van der Waals surface area (Å²) < 4.78 is 4.22. The zero-order chi connectivity index (χ0) is 7.78. The number of aliphatic hydroxyl groups excluding tert-OH is 1. The lowest BCUT2D eigenvalue weighted by Gasteiger charge is -2.28. The van der Waals surface area contributed by atoms with Crippen LogP contribution in [0.4, 0.5) is 0 Å². The van der Waals surface area contributed by atoms with Gasteiger partial charge in [0.2, 0.25) is 5.79 Å². The largest absolute Gasteiger partial charge is 0.458 e. The van der Waals surface area contributed by atoms with Crippen molar-refractivity contribution in [3.8, 4) is 0 Å². The lowest BCUT2D eigenvalue weighted by Crippen LogP contribution is -2.47. The molecule has 1 saturated heterocycles. The summed E-state index contributed by atoms with van der Waals surface area (Å²) in [6, 6.07) is 0. The van der Waals surface area contributed by atoms with Crippen LogP contribution in [-0.2, 0) is 9.53 Å². The van der Waals surface area contributed by atoms with Gasteiger partial charge in [-0.3, -0.25) is 0 Å². The molecule has 5 heteroatoms. The second kappa shape index (κ2) is 2.19. The van der Waals surface area contributed by atoms with E-state index in [1.807, 2.05) is 0 Å². The number of hydrogen-bond acceptors (Lipinski definition) is 5. The van der Waals surface area contributed by atoms with Gasteiger partial charge in [-0.2, -0.15) is 0 Å². The minimum atomic E-state index is -2.06. The lowest BCUT2D eigenvalue weighted by atomic mass is 10.1. The molecule has 0 aromatic heterocycles. The van der Waals surface area contributed by atoms with Gasteiger partial charge in [0.15, 0.2) is 6.10 Å². The van der Waals surface area contributed by atoms with Crippen LogP contribution in [0, 0.1) is 0 Å². The second-order valence-corrected chi connectivity index (χ2v) is 2.31. The van der Waals surface area contributed by atoms with E-state index in [-0.39, 0.29) is 6.42 Å². The van der Waals surface area contributed by atoms with Crippen LogP contribution in [0.15, 0.2) is 0 Å². The third kappa shape index (κ3) is 1.44. The zero-order valence-electron chi connectivity index (χ0n) is 5.15. The van der Waals surface area contributed by atoms with E-state index in [0.717, 1.165) is 0 Å². The fourth-order valence-corrected chi connectivity index (χ4v) is 0.735. The van der Waals surface area contributed by atoms with E-state index in [2.05, 4.69) is 4.74 Å². The lowest BCUT2D eigenvalue weighted by molar-refractivity contribution is -0.239. The first-order valence-electron chi connectivity index (χ1n) is 2.81. The highest BCUT2D eigenvalue weighted by Gasteiger charge is 2.37. The van der Waals surface area contributed by atoms with E-state index in [4.69, 9.17) is 15.3 Å². The summed E-state index contributed by atoms with van der Waals surface area (Å²) in [7, 11) is 0. The van der Waals surface area contributed by atoms with Crippen molar-refractivity contribution in [2.45, 2.75) is 18.3 Å². The summed E-state index contributed by atoms with van der Waals surface area (Å²) in [6.07, 6.45) is -1.80. The predicted molar refractivity (Wildman–Crippen MR) is 28.8 cm³/mol. The first-order valence-corrected chi connectivity index (χ1v) is 2.81. The Morgan fingerprint density at radius 1 is 1.60 bits per heavy atom. The fourth-order valence-electron chi connectivity index (χ4n) is 0.735. The molecule has 1 atom stereocenters. The summed E-state index contributed by atoms with van der Waals surface area (Å²) >= 11 is 0. The number of ether oxygens (including phenoxy) is 1. The maximum atomic E-state index is 10.4. The molecule has 0 aromatic carbocycles. The van der Waals surface area contributed by atoms with Crippen molar-refractivity contribution in [2.24, 2.45) is 0 Å². The Labute approximate surface area is 56.9 Å². The topological polar surface area (TPSA) is 87.0 Å². The molecule has 1 fully saturated rings. The van der Waals surface area contributed by atoms with Crippen molar-refractivity contribution < 1.29 is 24.9 Å². The fraction of sp³-hybridized carbons (Fsp3) is 0.800. The van der Waals surface area contributed by atoms with Crippen LogP contribution in [0.25, 0.3) is 0 Å². The standard InChI is InChI=1S/C5H8O5/c6-3-1-5(8,9)2-10-4(3)7/h3,6,8-9H,1-2H2. The van der Waals surface area contributed by atoms with E-state index in [1.165, 1.54) is 0 Å². The van der Waals surface area contributed by atoms with E-state index in [0.29, 0.717) is 0 Å². The van der Waals surface area contributed by atoms with Gasteiger partial charge in [-0.15, -0.1) is 0 Å². The number of carbonyl (C=O) groups excluding carboxylic acids is 1. The number of hydrogen-bond donors (Lipinski definition) is 3. The van der Waals surface area contributed by atoms with Gasteiger partial charge in [0.05, 0.1) is 0 Å². The SMILES string of the molecule is O=C1OCC(O)(O)CC1O. The summed E-state index contributed by atoms with van der Waals surface area (Å²) in [5, 5.41) is 26.3. The van der Waals surface area contributed by atoms with Crippen molar-refractivity contribution >= 4 is 5.97 Å². The van der Waals surface area contributed by atoms with Gasteiger partial charge < -0.3 is 20.1 Å². The smallest absolute Gasteiger partial charge is 0.335 e. The third-order valence-corrected chi connectivity index (χ3v) is 1.24. The Bertz CT molecular complexity index is 152. The molecule has 0 spiro atoms. The minimum Gasteiger partial charge on any atom is -0.458 e. The highest BCUT2D eigenvalue weighted by atomic mass is 16.6. The molecule has 0 radical (unpaired) electrons. The van der Waals surface area contributed by atoms with Gasteiger partial charge in [-0.1, -0.05) is 0 Å². The van der Waals surface area contributed by atoms with E-state index >= 15 is 0 Å². The molecule has 0 amide bonds. The van der Waals surface area contributed by atoms with Crippen molar-refractivity contribution in [1.29, 1.82) is 0 Å². The third-order valence-electron chi connectivity index (χ3n) is 1.24. The molecule has 0 bridgehead atoms. The van der Waals surface area contributed by atoms with Crippen molar-refractivity contribution in [3.05, 3.63) is 0 Å². The molecule has 10 heavy (non-hydrogen) atoms. The molecule has 58 valence electrons. The number of aliphatic hydroxyl groups is 3. The molecule has 1 aliphatic heterocycles. The summed E-state index contributed by atoms with van der Waals surface area (Å²) in [4.78, 5) is 10.4. The van der Waals surface area contributed by atoms with Crippen LogP contribution in [0.5, 0.6) is 0 Å². The van der Waals surface area contributed by atoms with E-state index < -0.39 is 24.5 Å². The highest BCUT2D eigenvalue weighted by molar-refractivity contribution is 5.75. The van der Waals surface area contributed by atoms with Crippen LogP contribution < -0.4 is 0 Å². The molecular weight excluding hydrogens is 140 g/mol. The highest BCUT2D eigenvalue weighted by Crippen LogP contribution is 2.16. The predicted octanol–water partition coefficient (Wildman–Crippen LogP) is -2.02. The minimum absolute atomic E-state index is 0.383. The van der Waals surface area contributed by atoms with Gasteiger partial charge in [0.1, 0.15) is 6.61 Å².